The summed E-state index contributed by atoms with van der Waals surface area (Å²) >= 11 is 0. The van der Waals surface area contributed by atoms with Gasteiger partial charge in [0.05, 0.1) is 14.7 Å². The maximum atomic E-state index is 12.8. The minimum Gasteiger partial charge on any atom is -0.298 e. The first-order valence-electron chi connectivity index (χ1n) is 6.60. The Morgan fingerprint density at radius 3 is 2.26 bits per heavy atom. The van der Waals surface area contributed by atoms with Gasteiger partial charge in [-0.3, -0.25) is 4.79 Å². The molecule has 0 amide bonds. The predicted molar refractivity (Wildman–Crippen MR) is 85.8 cm³/mol. The van der Waals surface area contributed by atoms with E-state index < -0.39 is 19.7 Å². The smallest absolute Gasteiger partial charge is 0.207 e. The average molecular weight is 348 g/mol. The van der Waals surface area contributed by atoms with E-state index in [2.05, 4.69) is 0 Å². The highest BCUT2D eigenvalue weighted by Gasteiger charge is 2.26. The van der Waals surface area contributed by atoms with E-state index in [1.54, 1.807) is 18.2 Å². The van der Waals surface area contributed by atoms with Gasteiger partial charge in [0.25, 0.3) is 0 Å². The average Bonchev–Trinajstić information content (AvgIpc) is 2.61. The van der Waals surface area contributed by atoms with Gasteiger partial charge in [0.15, 0.2) is 9.84 Å². The molecule has 0 aliphatic carbocycles. The van der Waals surface area contributed by atoms with Gasteiger partial charge in [-0.2, -0.15) is 0 Å². The number of hydrogen-bond donors (Lipinski definition) is 0. The lowest BCUT2D eigenvalue weighted by atomic mass is 10.1. The van der Waals surface area contributed by atoms with Gasteiger partial charge < -0.3 is 0 Å². The van der Waals surface area contributed by atoms with Gasteiger partial charge in [-0.1, -0.05) is 24.3 Å². The lowest BCUT2D eigenvalue weighted by molar-refractivity contribution is 0.112. The van der Waals surface area contributed by atoms with E-state index in [0.29, 0.717) is 17.4 Å². The number of carbonyl (C=O) groups excluding carboxylic acids is 1. The van der Waals surface area contributed by atoms with Crippen LogP contribution in [-0.4, -0.2) is 29.4 Å². The van der Waals surface area contributed by atoms with Crippen LogP contribution in [0.3, 0.4) is 0 Å². The van der Waals surface area contributed by atoms with E-state index >= 15 is 0 Å². The maximum Gasteiger partial charge on any atom is 0.207 e. The fraction of sp³-hybridized carbons (Fsp3) is 0.0625. The summed E-state index contributed by atoms with van der Waals surface area (Å²) in [6.45, 7) is 0. The normalized spacial score (nSPS) is 15.3. The lowest BCUT2D eigenvalue weighted by Gasteiger charge is -2.09. The molecule has 3 rings (SSSR count). The van der Waals surface area contributed by atoms with E-state index in [1.807, 2.05) is 0 Å². The highest BCUT2D eigenvalue weighted by molar-refractivity contribution is 7.91. The number of benzene rings is 2. The first-order chi connectivity index (χ1) is 10.7. The van der Waals surface area contributed by atoms with E-state index in [0.717, 1.165) is 6.26 Å². The molecule has 0 bridgehead atoms. The van der Waals surface area contributed by atoms with Crippen LogP contribution in [0.15, 0.2) is 51.1 Å². The second-order valence-corrected chi connectivity index (χ2v) is 9.13. The third-order valence-corrected chi connectivity index (χ3v) is 6.60. The van der Waals surface area contributed by atoms with Crippen LogP contribution in [0.25, 0.3) is 12.2 Å². The summed E-state index contributed by atoms with van der Waals surface area (Å²) in [5.74, 6) is 0. The van der Waals surface area contributed by atoms with E-state index in [1.165, 1.54) is 30.3 Å². The molecule has 0 unspecified atom stereocenters. The SMILES string of the molecule is CS(=O)(=O)c1ccc2c(c1)C=Cc1ccc(C=O)cc1S2(=O)=O. The Kier molecular flexibility index (Phi) is 3.50. The Hall–Kier alpha value is -2.25. The predicted octanol–water partition coefficient (Wildman–Crippen LogP) is 2.22. The molecule has 0 radical (unpaired) electrons. The minimum absolute atomic E-state index is 0.0166. The molecular formula is C16H12O5S2. The topological polar surface area (TPSA) is 85.3 Å². The Balaban J connectivity index is 2.33. The summed E-state index contributed by atoms with van der Waals surface area (Å²) in [4.78, 5) is 11.0. The molecule has 2 aromatic rings. The van der Waals surface area contributed by atoms with E-state index in [4.69, 9.17) is 0 Å². The molecule has 0 spiro atoms. The molecule has 23 heavy (non-hydrogen) atoms. The van der Waals surface area contributed by atoms with Gasteiger partial charge in [-0.05, 0) is 35.4 Å². The molecule has 1 aliphatic rings. The van der Waals surface area contributed by atoms with Crippen molar-refractivity contribution in [1.82, 2.24) is 0 Å². The molecule has 0 atom stereocenters. The molecular weight excluding hydrogens is 336 g/mol. The van der Waals surface area contributed by atoms with Gasteiger partial charge in [-0.25, -0.2) is 16.8 Å². The van der Waals surface area contributed by atoms with Crippen molar-refractivity contribution in [1.29, 1.82) is 0 Å². The molecule has 2 aromatic carbocycles. The summed E-state index contributed by atoms with van der Waals surface area (Å²) in [6.07, 6.45) is 4.81. The fourth-order valence-corrected chi connectivity index (χ4v) is 4.74. The summed E-state index contributed by atoms with van der Waals surface area (Å²) in [7, 11) is -7.29. The molecule has 1 heterocycles. The third kappa shape index (κ3) is 2.62. The number of fused-ring (bicyclic) bond motifs is 2. The number of carbonyl (C=O) groups is 1. The Morgan fingerprint density at radius 2 is 1.61 bits per heavy atom. The van der Waals surface area contributed by atoms with E-state index in [9.17, 15) is 21.6 Å². The second-order valence-electron chi connectivity index (χ2n) is 5.22. The standard InChI is InChI=1S/C16H12O5S2/c1-22(18,19)14-6-7-15-13(9-14)5-4-12-3-2-11(10-17)8-16(12)23(15,20)21/h2-10H,1H3. The van der Waals surface area contributed by atoms with Crippen LogP contribution in [0.4, 0.5) is 0 Å². The van der Waals surface area contributed by atoms with Gasteiger partial charge >= 0.3 is 0 Å². The van der Waals surface area contributed by atoms with Gasteiger partial charge in [0.2, 0.25) is 9.84 Å². The van der Waals surface area contributed by atoms with Crippen molar-refractivity contribution in [3.63, 3.8) is 0 Å². The number of hydrogen-bond acceptors (Lipinski definition) is 5. The quantitative estimate of drug-likeness (QED) is 0.663. The van der Waals surface area contributed by atoms with Crippen molar-refractivity contribution >= 4 is 38.1 Å². The fourth-order valence-electron chi connectivity index (χ4n) is 2.42. The molecule has 0 aromatic heterocycles. The van der Waals surface area contributed by atoms with Crippen LogP contribution in [-0.2, 0) is 19.7 Å². The zero-order valence-electron chi connectivity index (χ0n) is 12.1. The lowest BCUT2D eigenvalue weighted by Crippen LogP contribution is -2.06. The van der Waals surface area contributed by atoms with Crippen molar-refractivity contribution in [2.24, 2.45) is 0 Å². The van der Waals surface area contributed by atoms with Crippen molar-refractivity contribution in [2.75, 3.05) is 6.26 Å². The van der Waals surface area contributed by atoms with Crippen LogP contribution in [0.1, 0.15) is 21.5 Å². The van der Waals surface area contributed by atoms with Crippen LogP contribution in [0.5, 0.6) is 0 Å². The van der Waals surface area contributed by atoms with Gasteiger partial charge in [-0.15, -0.1) is 0 Å². The van der Waals surface area contributed by atoms with Crippen molar-refractivity contribution in [2.45, 2.75) is 14.7 Å². The van der Waals surface area contributed by atoms with Crippen molar-refractivity contribution in [3.05, 3.63) is 53.1 Å². The highest BCUT2D eigenvalue weighted by Crippen LogP contribution is 2.33. The molecule has 7 heteroatoms. The number of sulfone groups is 2. The minimum atomic E-state index is -3.85. The first kappa shape index (κ1) is 15.6. The number of aldehydes is 1. The molecule has 0 saturated carbocycles. The molecule has 1 aliphatic heterocycles. The molecule has 0 fully saturated rings. The number of rotatable bonds is 2. The molecule has 0 N–H and O–H groups in total. The van der Waals surface area contributed by atoms with Crippen LogP contribution < -0.4 is 0 Å². The largest absolute Gasteiger partial charge is 0.298 e. The van der Waals surface area contributed by atoms with Gasteiger partial charge in [0.1, 0.15) is 6.29 Å². The van der Waals surface area contributed by atoms with Crippen LogP contribution >= 0.6 is 0 Å². The van der Waals surface area contributed by atoms with E-state index in [-0.39, 0.29) is 20.2 Å². The second kappa shape index (κ2) is 5.14. The first-order valence-corrected chi connectivity index (χ1v) is 9.97. The summed E-state index contributed by atoms with van der Waals surface area (Å²) < 4.78 is 49.0. The molecule has 5 nitrogen and oxygen atoms in total. The molecule has 118 valence electrons. The Labute approximate surface area is 134 Å². The van der Waals surface area contributed by atoms with Crippen molar-refractivity contribution in [3.8, 4) is 0 Å². The summed E-state index contributed by atoms with van der Waals surface area (Å²) in [6, 6.07) is 8.30. The highest BCUT2D eigenvalue weighted by atomic mass is 32.2. The summed E-state index contributed by atoms with van der Waals surface area (Å²) in [5, 5.41) is 0. The van der Waals surface area contributed by atoms with Crippen LogP contribution in [0, 0.1) is 0 Å². The maximum absolute atomic E-state index is 12.8. The van der Waals surface area contributed by atoms with Gasteiger partial charge in [0, 0.05) is 11.8 Å². The van der Waals surface area contributed by atoms with Crippen molar-refractivity contribution < 1.29 is 21.6 Å². The Morgan fingerprint density at radius 1 is 0.913 bits per heavy atom. The van der Waals surface area contributed by atoms with Crippen LogP contribution in [0.2, 0.25) is 0 Å². The molecule has 0 saturated heterocycles. The zero-order valence-corrected chi connectivity index (χ0v) is 13.7. The zero-order chi connectivity index (χ0) is 16.8. The Bertz CT molecular complexity index is 1060. The third-order valence-electron chi connectivity index (χ3n) is 3.60. The summed E-state index contributed by atoms with van der Waals surface area (Å²) in [5.41, 5.74) is 1.02. The monoisotopic (exact) mass is 348 g/mol.